The van der Waals surface area contributed by atoms with Crippen molar-refractivity contribution in [2.45, 2.75) is 64.1 Å². The van der Waals surface area contributed by atoms with Gasteiger partial charge in [0.05, 0.1) is 11.3 Å². The Morgan fingerprint density at radius 2 is 1.74 bits per heavy atom. The van der Waals surface area contributed by atoms with E-state index in [1.54, 1.807) is 0 Å². The van der Waals surface area contributed by atoms with Crippen LogP contribution in [0.1, 0.15) is 57.6 Å². The Labute approximate surface area is 224 Å². The molecule has 2 aliphatic rings. The van der Waals surface area contributed by atoms with E-state index in [9.17, 15) is 18.0 Å². The molecule has 9 heteroatoms. The summed E-state index contributed by atoms with van der Waals surface area (Å²) in [6.07, 6.45) is 0.930. The van der Waals surface area contributed by atoms with Crippen LogP contribution in [0.5, 0.6) is 0 Å². The van der Waals surface area contributed by atoms with Gasteiger partial charge in [-0.3, -0.25) is 9.78 Å². The molecule has 3 heterocycles. The number of nitrogens with one attached hydrogen (secondary N) is 1. The fourth-order valence-corrected chi connectivity index (χ4v) is 5.27. The molecular weight excluding hydrogens is 491 g/mol. The maximum absolute atomic E-state index is 13.0. The summed E-state index contributed by atoms with van der Waals surface area (Å²) < 4.78 is 39.0. The normalized spacial score (nSPS) is 19.8. The summed E-state index contributed by atoms with van der Waals surface area (Å²) in [6.45, 7) is 12.4. The molecule has 0 spiro atoms. The van der Waals surface area contributed by atoms with Crippen molar-refractivity contribution in [2.24, 2.45) is 0 Å². The van der Waals surface area contributed by atoms with E-state index in [0.717, 1.165) is 64.2 Å². The van der Waals surface area contributed by atoms with E-state index < -0.39 is 11.7 Å². The SMILES string of the molecule is CC(C)(C)c1ccc(N2CCCN(CCC(=O)N3CCCC(Nc4cncc(C(F)(F)F)c4)C3)CC2)cc1. The molecule has 0 bridgehead atoms. The second-order valence-corrected chi connectivity index (χ2v) is 11.5. The largest absolute Gasteiger partial charge is 0.417 e. The minimum Gasteiger partial charge on any atom is -0.379 e. The Balaban J connectivity index is 1.24. The van der Waals surface area contributed by atoms with E-state index in [1.165, 1.54) is 17.4 Å². The molecule has 208 valence electrons. The lowest BCUT2D eigenvalue weighted by Crippen LogP contribution is -2.46. The van der Waals surface area contributed by atoms with E-state index in [2.05, 4.69) is 65.1 Å². The molecular formula is C29H40F3N5O. The Morgan fingerprint density at radius 1 is 0.974 bits per heavy atom. The van der Waals surface area contributed by atoms with Gasteiger partial charge < -0.3 is 20.0 Å². The molecule has 1 amide bonds. The Kier molecular flexibility index (Phi) is 8.85. The Hall–Kier alpha value is -2.81. The summed E-state index contributed by atoms with van der Waals surface area (Å²) in [7, 11) is 0. The molecule has 2 aliphatic heterocycles. The van der Waals surface area contributed by atoms with Gasteiger partial charge in [0.2, 0.25) is 5.91 Å². The first-order valence-electron chi connectivity index (χ1n) is 13.6. The second kappa shape index (κ2) is 11.9. The molecule has 2 fully saturated rings. The van der Waals surface area contributed by atoms with Gasteiger partial charge in [0.25, 0.3) is 0 Å². The first kappa shape index (κ1) is 28.2. The first-order valence-corrected chi connectivity index (χ1v) is 13.6. The monoisotopic (exact) mass is 531 g/mol. The van der Waals surface area contributed by atoms with E-state index in [1.807, 2.05) is 4.90 Å². The molecule has 0 aliphatic carbocycles. The molecule has 1 atom stereocenters. The van der Waals surface area contributed by atoms with E-state index in [0.29, 0.717) is 25.2 Å². The number of rotatable bonds is 6. The number of carbonyl (C=O) groups excluding carboxylic acids is 1. The molecule has 38 heavy (non-hydrogen) atoms. The van der Waals surface area contributed by atoms with Crippen LogP contribution in [-0.2, 0) is 16.4 Å². The standard InChI is InChI=1S/C29H40F3N5O/c1-28(2,3)22-7-9-26(10-8-22)36-14-5-12-35(16-17-36)15-11-27(38)37-13-4-6-24(21-37)34-25-18-23(19-33-20-25)29(30,31)32/h7-10,18-20,24,34H,4-6,11-17,21H2,1-3H3. The number of nitrogens with zero attached hydrogens (tertiary/aromatic N) is 4. The Bertz CT molecular complexity index is 1070. The highest BCUT2D eigenvalue weighted by molar-refractivity contribution is 5.76. The molecule has 6 nitrogen and oxygen atoms in total. The van der Waals surface area contributed by atoms with E-state index in [-0.39, 0.29) is 17.4 Å². The summed E-state index contributed by atoms with van der Waals surface area (Å²) in [5.41, 5.74) is 2.28. The van der Waals surface area contributed by atoms with Gasteiger partial charge in [0.15, 0.2) is 0 Å². The molecule has 1 unspecified atom stereocenters. The number of piperidine rings is 1. The summed E-state index contributed by atoms with van der Waals surface area (Å²) >= 11 is 0. The molecule has 1 aromatic carbocycles. The van der Waals surface area contributed by atoms with Crippen molar-refractivity contribution in [3.63, 3.8) is 0 Å². The summed E-state index contributed by atoms with van der Waals surface area (Å²) in [6, 6.07) is 9.87. The highest BCUT2D eigenvalue weighted by Gasteiger charge is 2.31. The predicted octanol–water partition coefficient (Wildman–Crippen LogP) is 5.40. The minimum absolute atomic E-state index is 0.0885. The van der Waals surface area contributed by atoms with Crippen LogP contribution in [0.15, 0.2) is 42.7 Å². The average Bonchev–Trinajstić information content (AvgIpc) is 3.12. The highest BCUT2D eigenvalue weighted by Crippen LogP contribution is 2.30. The maximum atomic E-state index is 13.0. The number of aromatic nitrogens is 1. The lowest BCUT2D eigenvalue weighted by molar-refractivity contribution is -0.137. The number of carbonyl (C=O) groups is 1. The van der Waals surface area contributed by atoms with Gasteiger partial charge in [-0.15, -0.1) is 0 Å². The number of likely N-dealkylation sites (tertiary alicyclic amines) is 1. The highest BCUT2D eigenvalue weighted by atomic mass is 19.4. The van der Waals surface area contributed by atoms with Crippen molar-refractivity contribution in [3.8, 4) is 0 Å². The van der Waals surface area contributed by atoms with Crippen molar-refractivity contribution in [1.82, 2.24) is 14.8 Å². The van der Waals surface area contributed by atoms with Gasteiger partial charge in [0.1, 0.15) is 0 Å². The maximum Gasteiger partial charge on any atom is 0.417 e. The number of amides is 1. The number of alkyl halides is 3. The third-order valence-electron chi connectivity index (χ3n) is 7.54. The molecule has 1 N–H and O–H groups in total. The van der Waals surface area contributed by atoms with Crippen molar-refractivity contribution < 1.29 is 18.0 Å². The summed E-state index contributed by atoms with van der Waals surface area (Å²) in [5, 5.41) is 3.15. The van der Waals surface area contributed by atoms with Crippen LogP contribution in [0.2, 0.25) is 0 Å². The zero-order valence-corrected chi connectivity index (χ0v) is 22.7. The van der Waals surface area contributed by atoms with Gasteiger partial charge in [-0.05, 0) is 55.0 Å². The van der Waals surface area contributed by atoms with Crippen LogP contribution >= 0.6 is 0 Å². The van der Waals surface area contributed by atoms with Gasteiger partial charge in [-0.1, -0.05) is 32.9 Å². The topological polar surface area (TPSA) is 51.7 Å². The van der Waals surface area contributed by atoms with Crippen LogP contribution in [0.4, 0.5) is 24.5 Å². The fraction of sp³-hybridized carbons (Fsp3) is 0.586. The number of halogens is 3. The predicted molar refractivity (Wildman–Crippen MR) is 145 cm³/mol. The molecule has 1 aromatic heterocycles. The molecule has 2 saturated heterocycles. The fourth-order valence-electron chi connectivity index (χ4n) is 5.27. The number of hydrogen-bond donors (Lipinski definition) is 1. The van der Waals surface area contributed by atoms with Crippen molar-refractivity contribution >= 4 is 17.3 Å². The first-order chi connectivity index (χ1) is 18.0. The van der Waals surface area contributed by atoms with Crippen LogP contribution < -0.4 is 10.2 Å². The zero-order valence-electron chi connectivity index (χ0n) is 22.7. The van der Waals surface area contributed by atoms with Crippen molar-refractivity contribution in [3.05, 3.63) is 53.9 Å². The number of pyridine rings is 1. The third kappa shape index (κ3) is 7.62. The molecule has 2 aromatic rings. The average molecular weight is 532 g/mol. The van der Waals surface area contributed by atoms with Crippen LogP contribution in [-0.4, -0.2) is 72.5 Å². The van der Waals surface area contributed by atoms with Gasteiger partial charge >= 0.3 is 6.18 Å². The third-order valence-corrected chi connectivity index (χ3v) is 7.54. The minimum atomic E-state index is -4.43. The quantitative estimate of drug-likeness (QED) is 0.541. The summed E-state index contributed by atoms with van der Waals surface area (Å²) in [5.74, 6) is 0.109. The van der Waals surface area contributed by atoms with Gasteiger partial charge in [-0.2, -0.15) is 13.2 Å². The van der Waals surface area contributed by atoms with Gasteiger partial charge in [0, 0.05) is 69.8 Å². The number of anilines is 2. The van der Waals surface area contributed by atoms with Crippen LogP contribution in [0.3, 0.4) is 0 Å². The van der Waals surface area contributed by atoms with E-state index >= 15 is 0 Å². The second-order valence-electron chi connectivity index (χ2n) is 11.5. The van der Waals surface area contributed by atoms with Gasteiger partial charge in [-0.25, -0.2) is 0 Å². The van der Waals surface area contributed by atoms with Crippen LogP contribution in [0.25, 0.3) is 0 Å². The summed E-state index contributed by atoms with van der Waals surface area (Å²) in [4.78, 5) is 23.4. The molecule has 0 saturated carbocycles. The van der Waals surface area contributed by atoms with E-state index in [4.69, 9.17) is 0 Å². The van der Waals surface area contributed by atoms with Crippen LogP contribution in [0, 0.1) is 0 Å². The Morgan fingerprint density at radius 3 is 2.45 bits per heavy atom. The molecule has 0 radical (unpaired) electrons. The van der Waals surface area contributed by atoms with Crippen molar-refractivity contribution in [2.75, 3.05) is 56.0 Å². The molecule has 4 rings (SSSR count). The van der Waals surface area contributed by atoms with Crippen molar-refractivity contribution in [1.29, 1.82) is 0 Å². The zero-order chi connectivity index (χ0) is 27.3. The lowest BCUT2D eigenvalue weighted by Gasteiger charge is -2.34. The number of hydrogen-bond acceptors (Lipinski definition) is 5. The smallest absolute Gasteiger partial charge is 0.379 e. The lowest BCUT2D eigenvalue weighted by atomic mass is 9.87. The number of benzene rings is 1.